The molecule has 3 heterocycles. The maximum absolute atomic E-state index is 13.1. The summed E-state index contributed by atoms with van der Waals surface area (Å²) >= 11 is 1.46. The molecule has 31 heavy (non-hydrogen) atoms. The molecule has 0 bridgehead atoms. The van der Waals surface area contributed by atoms with E-state index in [4.69, 9.17) is 0 Å². The summed E-state index contributed by atoms with van der Waals surface area (Å²) in [5.74, 6) is 0.312. The van der Waals surface area contributed by atoms with Crippen LogP contribution in [0.15, 0.2) is 35.5 Å². The molecule has 0 radical (unpaired) electrons. The zero-order valence-corrected chi connectivity index (χ0v) is 18.8. The van der Waals surface area contributed by atoms with Crippen LogP contribution < -0.4 is 5.32 Å². The van der Waals surface area contributed by atoms with Gasteiger partial charge >= 0.3 is 0 Å². The fraction of sp³-hybridized carbons (Fsp3) is 0.409. The van der Waals surface area contributed by atoms with Gasteiger partial charge in [0.2, 0.25) is 17.0 Å². The fourth-order valence-corrected chi connectivity index (χ4v) is 4.32. The van der Waals surface area contributed by atoms with E-state index in [1.54, 1.807) is 9.42 Å². The molecule has 4 rings (SSSR count). The van der Waals surface area contributed by atoms with E-state index in [1.165, 1.54) is 11.8 Å². The topological polar surface area (TPSA) is 92.5 Å². The van der Waals surface area contributed by atoms with E-state index in [0.29, 0.717) is 24.0 Å². The molecule has 1 saturated heterocycles. The van der Waals surface area contributed by atoms with Gasteiger partial charge in [-0.1, -0.05) is 30.0 Å². The highest BCUT2D eigenvalue weighted by Crippen LogP contribution is 2.22. The number of amides is 2. The summed E-state index contributed by atoms with van der Waals surface area (Å²) < 4.78 is 1.70. The molecule has 1 aliphatic rings. The molecule has 2 aromatic heterocycles. The van der Waals surface area contributed by atoms with Gasteiger partial charge in [0.1, 0.15) is 0 Å². The maximum atomic E-state index is 13.1. The lowest BCUT2D eigenvalue weighted by atomic mass is 9.96. The highest BCUT2D eigenvalue weighted by molar-refractivity contribution is 7.98. The first-order valence-electron chi connectivity index (χ1n) is 10.4. The molecule has 1 fully saturated rings. The number of para-hydroxylation sites is 1. The molecule has 1 unspecified atom stereocenters. The van der Waals surface area contributed by atoms with Crippen LogP contribution in [-0.4, -0.2) is 55.6 Å². The highest BCUT2D eigenvalue weighted by Gasteiger charge is 2.29. The Morgan fingerprint density at radius 1 is 1.19 bits per heavy atom. The van der Waals surface area contributed by atoms with Crippen LogP contribution in [0, 0.1) is 19.8 Å². The van der Waals surface area contributed by atoms with Gasteiger partial charge in [-0.05, 0) is 45.1 Å². The van der Waals surface area contributed by atoms with E-state index >= 15 is 0 Å². The smallest absolute Gasteiger partial charge is 0.253 e. The summed E-state index contributed by atoms with van der Waals surface area (Å²) in [5, 5.41) is 8.07. The third kappa shape index (κ3) is 4.56. The van der Waals surface area contributed by atoms with Gasteiger partial charge in [0.15, 0.2) is 0 Å². The standard InChI is InChI=1S/C22H26N6O2S/c1-14-18(15(2)28-21(23-14)25-22(26-28)31-3)12-19(29)27-11-7-8-16(13-27)20(30)24-17-9-5-4-6-10-17/h4-6,9-10,16H,7-8,11-13H2,1-3H3,(H,24,30). The number of anilines is 1. The summed E-state index contributed by atoms with van der Waals surface area (Å²) in [7, 11) is 0. The van der Waals surface area contributed by atoms with Crippen LogP contribution in [-0.2, 0) is 16.0 Å². The van der Waals surface area contributed by atoms with Crippen molar-refractivity contribution < 1.29 is 9.59 Å². The molecule has 162 valence electrons. The number of carbonyl (C=O) groups is 2. The Morgan fingerprint density at radius 3 is 2.71 bits per heavy atom. The number of carbonyl (C=O) groups excluding carboxylic acids is 2. The van der Waals surface area contributed by atoms with Gasteiger partial charge in [0, 0.05) is 35.7 Å². The Morgan fingerprint density at radius 2 is 1.97 bits per heavy atom. The number of thioether (sulfide) groups is 1. The molecule has 9 heteroatoms. The van der Waals surface area contributed by atoms with E-state index in [0.717, 1.165) is 35.5 Å². The van der Waals surface area contributed by atoms with Crippen molar-refractivity contribution in [2.24, 2.45) is 5.92 Å². The number of piperidine rings is 1. The van der Waals surface area contributed by atoms with Gasteiger partial charge < -0.3 is 10.2 Å². The number of rotatable bonds is 5. The number of aromatic nitrogens is 4. The predicted octanol–water partition coefficient (Wildman–Crippen LogP) is 2.88. The first-order valence-corrected chi connectivity index (χ1v) is 11.6. The molecule has 3 aromatic rings. The first-order chi connectivity index (χ1) is 15.0. The molecule has 1 aromatic carbocycles. The normalized spacial score (nSPS) is 16.5. The lowest BCUT2D eigenvalue weighted by Gasteiger charge is -2.32. The van der Waals surface area contributed by atoms with Crippen molar-refractivity contribution in [1.29, 1.82) is 0 Å². The quantitative estimate of drug-likeness (QED) is 0.616. The van der Waals surface area contributed by atoms with Crippen LogP contribution in [0.3, 0.4) is 0 Å². The Labute approximate surface area is 185 Å². The van der Waals surface area contributed by atoms with Gasteiger partial charge in [-0.15, -0.1) is 5.10 Å². The van der Waals surface area contributed by atoms with Crippen molar-refractivity contribution in [3.63, 3.8) is 0 Å². The molecule has 1 atom stereocenters. The minimum absolute atomic E-state index is 0.00904. The average molecular weight is 439 g/mol. The fourth-order valence-electron chi connectivity index (χ4n) is 3.98. The van der Waals surface area contributed by atoms with Crippen LogP contribution in [0.25, 0.3) is 5.78 Å². The molecular formula is C22H26N6O2S. The summed E-state index contributed by atoms with van der Waals surface area (Å²) in [6.07, 6.45) is 3.75. The van der Waals surface area contributed by atoms with Gasteiger partial charge in [-0.3, -0.25) is 9.59 Å². The Balaban J connectivity index is 1.46. The van der Waals surface area contributed by atoms with Crippen molar-refractivity contribution in [2.75, 3.05) is 24.7 Å². The van der Waals surface area contributed by atoms with Gasteiger partial charge in [-0.2, -0.15) is 4.98 Å². The SMILES string of the molecule is CSc1nc2nc(C)c(CC(=O)N3CCCC(C(=O)Nc4ccccc4)C3)c(C)n2n1. The molecule has 0 aliphatic carbocycles. The summed E-state index contributed by atoms with van der Waals surface area (Å²) in [4.78, 5) is 36.5. The Kier molecular flexibility index (Phi) is 6.22. The van der Waals surface area contributed by atoms with Crippen molar-refractivity contribution in [2.45, 2.75) is 38.3 Å². The maximum Gasteiger partial charge on any atom is 0.253 e. The third-order valence-electron chi connectivity index (χ3n) is 5.73. The van der Waals surface area contributed by atoms with E-state index < -0.39 is 0 Å². The molecule has 1 N–H and O–H groups in total. The number of nitrogens with one attached hydrogen (secondary N) is 1. The lowest BCUT2D eigenvalue weighted by molar-refractivity contribution is -0.134. The van der Waals surface area contributed by atoms with E-state index in [1.807, 2.05) is 50.4 Å². The lowest BCUT2D eigenvalue weighted by Crippen LogP contribution is -2.44. The molecular weight excluding hydrogens is 412 g/mol. The van der Waals surface area contributed by atoms with Gasteiger partial charge in [-0.25, -0.2) is 9.50 Å². The summed E-state index contributed by atoms with van der Waals surface area (Å²) in [6.45, 7) is 4.94. The van der Waals surface area contributed by atoms with Crippen molar-refractivity contribution >= 4 is 35.0 Å². The zero-order chi connectivity index (χ0) is 22.0. The van der Waals surface area contributed by atoms with E-state index in [2.05, 4.69) is 20.4 Å². The van der Waals surface area contributed by atoms with Crippen LogP contribution in [0.1, 0.15) is 29.8 Å². The second-order valence-corrected chi connectivity index (χ2v) is 8.56. The van der Waals surface area contributed by atoms with Crippen molar-refractivity contribution in [3.8, 4) is 0 Å². The number of nitrogens with zero attached hydrogens (tertiary/aromatic N) is 5. The molecule has 0 saturated carbocycles. The van der Waals surface area contributed by atoms with Crippen LogP contribution in [0.2, 0.25) is 0 Å². The number of likely N-dealkylation sites (tertiary alicyclic amines) is 1. The second-order valence-electron chi connectivity index (χ2n) is 7.78. The number of benzene rings is 1. The minimum Gasteiger partial charge on any atom is -0.342 e. The third-order valence-corrected chi connectivity index (χ3v) is 6.26. The highest BCUT2D eigenvalue weighted by atomic mass is 32.2. The van der Waals surface area contributed by atoms with Crippen LogP contribution >= 0.6 is 11.8 Å². The number of aryl methyl sites for hydroxylation is 2. The van der Waals surface area contributed by atoms with Gasteiger partial charge in [0.05, 0.1) is 12.3 Å². The van der Waals surface area contributed by atoms with Crippen LogP contribution in [0.4, 0.5) is 5.69 Å². The van der Waals surface area contributed by atoms with Crippen molar-refractivity contribution in [3.05, 3.63) is 47.3 Å². The zero-order valence-electron chi connectivity index (χ0n) is 18.0. The molecule has 8 nitrogen and oxygen atoms in total. The number of fused-ring (bicyclic) bond motifs is 1. The minimum atomic E-state index is -0.208. The molecule has 2 amide bonds. The summed E-state index contributed by atoms with van der Waals surface area (Å²) in [5.41, 5.74) is 3.30. The van der Waals surface area contributed by atoms with Crippen LogP contribution in [0.5, 0.6) is 0 Å². The van der Waals surface area contributed by atoms with E-state index in [9.17, 15) is 9.59 Å². The second kappa shape index (κ2) is 9.05. The average Bonchev–Trinajstić information content (AvgIpc) is 3.20. The molecule has 1 aliphatic heterocycles. The Bertz CT molecular complexity index is 1110. The summed E-state index contributed by atoms with van der Waals surface area (Å²) in [6, 6.07) is 9.42. The van der Waals surface area contributed by atoms with Crippen molar-refractivity contribution in [1.82, 2.24) is 24.5 Å². The monoisotopic (exact) mass is 438 g/mol. The Hall–Kier alpha value is -2.94. The predicted molar refractivity (Wildman–Crippen MR) is 120 cm³/mol. The van der Waals surface area contributed by atoms with Gasteiger partial charge in [0.25, 0.3) is 5.78 Å². The van der Waals surface area contributed by atoms with E-state index in [-0.39, 0.29) is 24.2 Å². The first kappa shape index (κ1) is 21.3. The number of hydrogen-bond acceptors (Lipinski definition) is 6. The number of hydrogen-bond donors (Lipinski definition) is 1. The molecule has 0 spiro atoms. The largest absolute Gasteiger partial charge is 0.342 e.